The first-order valence-corrected chi connectivity index (χ1v) is 6.91. The summed E-state index contributed by atoms with van der Waals surface area (Å²) in [7, 11) is 0. The van der Waals surface area contributed by atoms with Gasteiger partial charge >= 0.3 is 12.0 Å². The van der Waals surface area contributed by atoms with E-state index >= 15 is 0 Å². The number of aromatic nitrogens is 3. The summed E-state index contributed by atoms with van der Waals surface area (Å²) in [5, 5.41) is 18.1. The van der Waals surface area contributed by atoms with Gasteiger partial charge in [0.1, 0.15) is 12.2 Å². The average Bonchev–Trinajstić information content (AvgIpc) is 2.86. The minimum Gasteiger partial charge on any atom is -0.480 e. The molecule has 1 aliphatic heterocycles. The number of carbonyl (C=O) groups excluding carboxylic acids is 1. The quantitative estimate of drug-likeness (QED) is 0.701. The molecule has 1 aromatic heterocycles. The van der Waals surface area contributed by atoms with Crippen LogP contribution in [-0.4, -0.2) is 74.8 Å². The zero-order chi connectivity index (χ0) is 15.2. The number of hydrogen-bond donors (Lipinski definition) is 3. The Morgan fingerprint density at radius 1 is 1.43 bits per heavy atom. The molecule has 0 aliphatic carbocycles. The molecular weight excluding hydrogens is 276 g/mol. The van der Waals surface area contributed by atoms with Crippen molar-refractivity contribution in [3.63, 3.8) is 0 Å². The first-order chi connectivity index (χ1) is 10.1. The van der Waals surface area contributed by atoms with Crippen LogP contribution in [0.3, 0.4) is 0 Å². The molecule has 21 heavy (non-hydrogen) atoms. The van der Waals surface area contributed by atoms with Gasteiger partial charge in [-0.2, -0.15) is 5.10 Å². The van der Waals surface area contributed by atoms with Crippen molar-refractivity contribution in [1.29, 1.82) is 0 Å². The van der Waals surface area contributed by atoms with Crippen molar-refractivity contribution in [2.24, 2.45) is 0 Å². The standard InChI is InChI=1S/C12H20N6O3/c1-9(11-13-8-14-16-11)15-12(21)18-4-2-3-17(5-6-18)7-10(19)20/h8-9H,2-7H2,1H3,(H,15,21)(H,19,20)(H,13,14,16). The number of aliphatic carboxylic acids is 1. The lowest BCUT2D eigenvalue weighted by Gasteiger charge is -2.23. The summed E-state index contributed by atoms with van der Waals surface area (Å²) in [5.74, 6) is -0.238. The highest BCUT2D eigenvalue weighted by molar-refractivity contribution is 5.74. The molecule has 2 rings (SSSR count). The molecule has 1 unspecified atom stereocenters. The van der Waals surface area contributed by atoms with Gasteiger partial charge in [0, 0.05) is 26.2 Å². The Morgan fingerprint density at radius 3 is 2.90 bits per heavy atom. The molecule has 2 heterocycles. The summed E-state index contributed by atoms with van der Waals surface area (Å²) < 4.78 is 0. The molecule has 0 spiro atoms. The first kappa shape index (κ1) is 15.2. The molecule has 1 atom stereocenters. The van der Waals surface area contributed by atoms with Crippen molar-refractivity contribution in [3.8, 4) is 0 Å². The Labute approximate surface area is 122 Å². The number of amides is 2. The van der Waals surface area contributed by atoms with Gasteiger partial charge in [-0.25, -0.2) is 9.78 Å². The first-order valence-electron chi connectivity index (χ1n) is 6.91. The third-order valence-electron chi connectivity index (χ3n) is 3.42. The van der Waals surface area contributed by atoms with Crippen LogP contribution >= 0.6 is 0 Å². The van der Waals surface area contributed by atoms with Gasteiger partial charge in [0.2, 0.25) is 0 Å². The van der Waals surface area contributed by atoms with E-state index in [0.717, 1.165) is 6.42 Å². The second-order valence-electron chi connectivity index (χ2n) is 5.05. The van der Waals surface area contributed by atoms with Crippen molar-refractivity contribution in [2.75, 3.05) is 32.7 Å². The van der Waals surface area contributed by atoms with Crippen molar-refractivity contribution in [2.45, 2.75) is 19.4 Å². The summed E-state index contributed by atoms with van der Waals surface area (Å²) >= 11 is 0. The topological polar surface area (TPSA) is 114 Å². The molecule has 0 saturated carbocycles. The number of rotatable bonds is 4. The fourth-order valence-electron chi connectivity index (χ4n) is 2.29. The molecule has 1 aromatic rings. The van der Waals surface area contributed by atoms with Gasteiger partial charge in [0.15, 0.2) is 0 Å². The van der Waals surface area contributed by atoms with Crippen molar-refractivity contribution >= 4 is 12.0 Å². The summed E-state index contributed by atoms with van der Waals surface area (Å²) in [4.78, 5) is 30.5. The highest BCUT2D eigenvalue weighted by atomic mass is 16.4. The highest BCUT2D eigenvalue weighted by Crippen LogP contribution is 2.08. The van der Waals surface area contributed by atoms with Gasteiger partial charge in [-0.1, -0.05) is 0 Å². The third kappa shape index (κ3) is 4.42. The van der Waals surface area contributed by atoms with Crippen LogP contribution in [0.5, 0.6) is 0 Å². The smallest absolute Gasteiger partial charge is 0.318 e. The van der Waals surface area contributed by atoms with Crippen molar-refractivity contribution in [1.82, 2.24) is 30.3 Å². The van der Waals surface area contributed by atoms with Gasteiger partial charge in [0.25, 0.3) is 0 Å². The number of aromatic amines is 1. The van der Waals surface area contributed by atoms with E-state index in [4.69, 9.17) is 5.11 Å². The maximum atomic E-state index is 12.2. The van der Waals surface area contributed by atoms with Crippen LogP contribution in [0.15, 0.2) is 6.33 Å². The minimum absolute atomic E-state index is 0.0178. The van der Waals surface area contributed by atoms with Gasteiger partial charge in [0.05, 0.1) is 12.6 Å². The molecule has 0 aromatic carbocycles. The second-order valence-corrected chi connectivity index (χ2v) is 5.05. The molecule has 0 radical (unpaired) electrons. The molecule has 0 bridgehead atoms. The maximum absolute atomic E-state index is 12.2. The van der Waals surface area contributed by atoms with Crippen LogP contribution in [0.1, 0.15) is 25.2 Å². The number of nitrogens with one attached hydrogen (secondary N) is 2. The van der Waals surface area contributed by atoms with Crippen LogP contribution in [0, 0.1) is 0 Å². The molecule has 3 N–H and O–H groups in total. The predicted octanol–water partition coefficient (Wildman–Crippen LogP) is -0.332. The molecule has 2 amide bonds. The Kier molecular flexibility index (Phi) is 5.09. The number of H-pyrrole nitrogens is 1. The van der Waals surface area contributed by atoms with Crippen LogP contribution in [0.25, 0.3) is 0 Å². The van der Waals surface area contributed by atoms with E-state index in [1.807, 2.05) is 11.8 Å². The highest BCUT2D eigenvalue weighted by Gasteiger charge is 2.22. The number of hydrogen-bond acceptors (Lipinski definition) is 5. The van der Waals surface area contributed by atoms with E-state index in [9.17, 15) is 9.59 Å². The van der Waals surface area contributed by atoms with E-state index in [1.54, 1.807) is 4.90 Å². The number of nitrogens with zero attached hydrogens (tertiary/aromatic N) is 4. The average molecular weight is 296 g/mol. The van der Waals surface area contributed by atoms with Crippen molar-refractivity contribution in [3.05, 3.63) is 12.2 Å². The normalized spacial score (nSPS) is 18.0. The van der Waals surface area contributed by atoms with Gasteiger partial charge < -0.3 is 15.3 Å². The van der Waals surface area contributed by atoms with Gasteiger partial charge in [-0.15, -0.1) is 0 Å². The third-order valence-corrected chi connectivity index (χ3v) is 3.42. The van der Waals surface area contributed by atoms with Crippen LogP contribution in [0.4, 0.5) is 4.79 Å². The van der Waals surface area contributed by atoms with Gasteiger partial charge in [-0.05, 0) is 13.3 Å². The lowest BCUT2D eigenvalue weighted by atomic mass is 10.3. The fraction of sp³-hybridized carbons (Fsp3) is 0.667. The minimum atomic E-state index is -0.841. The Hall–Kier alpha value is -2.16. The zero-order valence-electron chi connectivity index (χ0n) is 11.9. The lowest BCUT2D eigenvalue weighted by molar-refractivity contribution is -0.138. The summed E-state index contributed by atoms with van der Waals surface area (Å²) in [6.07, 6.45) is 2.16. The molecular formula is C12H20N6O3. The predicted molar refractivity (Wildman–Crippen MR) is 73.6 cm³/mol. The SMILES string of the molecule is CC(NC(=O)N1CCCN(CC(=O)O)CC1)c1ncn[nH]1. The summed E-state index contributed by atoms with van der Waals surface area (Å²) in [6, 6.07) is -0.422. The van der Waals surface area contributed by atoms with Crippen LogP contribution in [0.2, 0.25) is 0 Å². The second kappa shape index (κ2) is 7.02. The number of carboxylic acids is 1. The number of urea groups is 1. The van der Waals surface area contributed by atoms with Crippen LogP contribution < -0.4 is 5.32 Å². The molecule has 116 valence electrons. The molecule has 9 heteroatoms. The Balaban J connectivity index is 1.84. The molecule has 1 saturated heterocycles. The Bertz CT molecular complexity index is 477. The monoisotopic (exact) mass is 296 g/mol. The van der Waals surface area contributed by atoms with Crippen LogP contribution in [-0.2, 0) is 4.79 Å². The number of carboxylic acid groups (broad SMARTS) is 1. The largest absolute Gasteiger partial charge is 0.480 e. The van der Waals surface area contributed by atoms with E-state index < -0.39 is 5.97 Å². The van der Waals surface area contributed by atoms with Crippen molar-refractivity contribution < 1.29 is 14.7 Å². The summed E-state index contributed by atoms with van der Waals surface area (Å²) in [5.41, 5.74) is 0. The van der Waals surface area contributed by atoms with E-state index in [1.165, 1.54) is 6.33 Å². The lowest BCUT2D eigenvalue weighted by Crippen LogP contribution is -2.43. The van der Waals surface area contributed by atoms with E-state index in [2.05, 4.69) is 20.5 Å². The molecule has 1 aliphatic rings. The Morgan fingerprint density at radius 2 is 2.24 bits per heavy atom. The van der Waals surface area contributed by atoms with E-state index in [-0.39, 0.29) is 18.6 Å². The summed E-state index contributed by atoms with van der Waals surface area (Å²) in [6.45, 7) is 4.23. The number of carbonyl (C=O) groups is 2. The zero-order valence-corrected chi connectivity index (χ0v) is 11.9. The molecule has 1 fully saturated rings. The molecule has 9 nitrogen and oxygen atoms in total. The van der Waals surface area contributed by atoms with Gasteiger partial charge in [-0.3, -0.25) is 14.8 Å². The fourth-order valence-corrected chi connectivity index (χ4v) is 2.29. The van der Waals surface area contributed by atoms with E-state index in [0.29, 0.717) is 32.0 Å². The maximum Gasteiger partial charge on any atom is 0.318 e.